The number of likely N-dealkylation sites (N-methyl/N-ethyl adjacent to an activating group) is 1. The Morgan fingerprint density at radius 3 is 2.67 bits per heavy atom. The van der Waals surface area contributed by atoms with Gasteiger partial charge in [-0.05, 0) is 63.2 Å². The number of nitrogens with zero attached hydrogens (tertiary/aromatic N) is 1. The van der Waals surface area contributed by atoms with Gasteiger partial charge in [0.1, 0.15) is 5.82 Å². The standard InChI is InChI=1S/C19H22BrFN2O/c1-12-5-6-13(2)18(9-12)22-19(24)14(3)23(4)11-15-10-16(20)7-8-17(15)21/h5-10,14H,11H2,1-4H3,(H,22,24). The van der Waals surface area contributed by atoms with Crippen molar-refractivity contribution in [2.75, 3.05) is 12.4 Å². The van der Waals surface area contributed by atoms with E-state index in [0.717, 1.165) is 21.3 Å². The first-order valence-electron chi connectivity index (χ1n) is 7.80. The molecule has 2 aromatic rings. The molecule has 5 heteroatoms. The summed E-state index contributed by atoms with van der Waals surface area (Å²) in [5.41, 5.74) is 3.47. The van der Waals surface area contributed by atoms with E-state index in [2.05, 4.69) is 21.2 Å². The van der Waals surface area contributed by atoms with E-state index < -0.39 is 0 Å². The second-order valence-electron chi connectivity index (χ2n) is 6.13. The third kappa shape index (κ3) is 4.65. The highest BCUT2D eigenvalue weighted by molar-refractivity contribution is 9.10. The summed E-state index contributed by atoms with van der Waals surface area (Å²) < 4.78 is 14.7. The summed E-state index contributed by atoms with van der Waals surface area (Å²) in [6.07, 6.45) is 0. The third-order valence-electron chi connectivity index (χ3n) is 4.12. The minimum atomic E-state index is -0.386. The molecule has 0 heterocycles. The zero-order valence-electron chi connectivity index (χ0n) is 14.4. The Hall–Kier alpha value is -1.72. The van der Waals surface area contributed by atoms with E-state index >= 15 is 0 Å². The summed E-state index contributed by atoms with van der Waals surface area (Å²) in [5.74, 6) is -0.381. The molecule has 1 unspecified atom stereocenters. The zero-order chi connectivity index (χ0) is 17.9. The van der Waals surface area contributed by atoms with Crippen LogP contribution in [0.25, 0.3) is 0 Å². The smallest absolute Gasteiger partial charge is 0.241 e. The highest BCUT2D eigenvalue weighted by atomic mass is 79.9. The Labute approximate surface area is 151 Å². The third-order valence-corrected chi connectivity index (χ3v) is 4.61. The maximum Gasteiger partial charge on any atom is 0.241 e. The van der Waals surface area contributed by atoms with Crippen molar-refractivity contribution in [3.63, 3.8) is 0 Å². The molecule has 24 heavy (non-hydrogen) atoms. The number of aryl methyl sites for hydroxylation is 2. The molecule has 1 amide bonds. The van der Waals surface area contributed by atoms with E-state index in [4.69, 9.17) is 0 Å². The maximum absolute atomic E-state index is 13.9. The van der Waals surface area contributed by atoms with Gasteiger partial charge in [0.2, 0.25) is 5.91 Å². The number of carbonyl (C=O) groups excluding carboxylic acids is 1. The van der Waals surface area contributed by atoms with E-state index in [1.54, 1.807) is 12.1 Å². The molecule has 3 nitrogen and oxygen atoms in total. The number of carbonyl (C=O) groups is 1. The van der Waals surface area contributed by atoms with Crippen LogP contribution in [-0.4, -0.2) is 23.9 Å². The zero-order valence-corrected chi connectivity index (χ0v) is 15.9. The van der Waals surface area contributed by atoms with Gasteiger partial charge in [-0.2, -0.15) is 0 Å². The number of rotatable bonds is 5. The first kappa shape index (κ1) is 18.6. The van der Waals surface area contributed by atoms with Crippen molar-refractivity contribution in [3.8, 4) is 0 Å². The van der Waals surface area contributed by atoms with E-state index in [9.17, 15) is 9.18 Å². The topological polar surface area (TPSA) is 32.3 Å². The molecule has 2 rings (SSSR count). The summed E-state index contributed by atoms with van der Waals surface area (Å²) in [5, 5.41) is 2.96. The summed E-state index contributed by atoms with van der Waals surface area (Å²) in [4.78, 5) is 14.3. The van der Waals surface area contributed by atoms with Crippen molar-refractivity contribution in [2.24, 2.45) is 0 Å². The summed E-state index contributed by atoms with van der Waals surface area (Å²) in [6, 6.07) is 10.4. The lowest BCUT2D eigenvalue weighted by Crippen LogP contribution is -2.39. The molecule has 2 aromatic carbocycles. The van der Waals surface area contributed by atoms with Crippen LogP contribution in [0.5, 0.6) is 0 Å². The van der Waals surface area contributed by atoms with Crippen molar-refractivity contribution in [1.29, 1.82) is 0 Å². The van der Waals surface area contributed by atoms with Crippen LogP contribution in [0, 0.1) is 19.7 Å². The van der Waals surface area contributed by atoms with E-state index in [1.165, 1.54) is 6.07 Å². The van der Waals surface area contributed by atoms with Gasteiger partial charge in [-0.15, -0.1) is 0 Å². The van der Waals surface area contributed by atoms with Crippen LogP contribution in [0.3, 0.4) is 0 Å². The molecule has 0 saturated carbocycles. The predicted octanol–water partition coefficient (Wildman–Crippen LogP) is 4.66. The summed E-state index contributed by atoms with van der Waals surface area (Å²) in [7, 11) is 1.81. The number of amides is 1. The minimum Gasteiger partial charge on any atom is -0.324 e. The fourth-order valence-electron chi connectivity index (χ4n) is 2.38. The lowest BCUT2D eigenvalue weighted by Gasteiger charge is -2.24. The number of anilines is 1. The van der Waals surface area contributed by atoms with Crippen molar-refractivity contribution in [1.82, 2.24) is 4.90 Å². The first-order valence-corrected chi connectivity index (χ1v) is 8.59. The average Bonchev–Trinajstić information content (AvgIpc) is 2.53. The Bertz CT molecular complexity index is 748. The molecular formula is C19H22BrFN2O. The van der Waals surface area contributed by atoms with Crippen molar-refractivity contribution in [2.45, 2.75) is 33.4 Å². The molecule has 0 spiro atoms. The average molecular weight is 393 g/mol. The fraction of sp³-hybridized carbons (Fsp3) is 0.316. The van der Waals surface area contributed by atoms with Crippen molar-refractivity contribution in [3.05, 3.63) is 63.4 Å². The van der Waals surface area contributed by atoms with Crippen LogP contribution in [-0.2, 0) is 11.3 Å². The molecule has 0 saturated heterocycles. The molecular weight excluding hydrogens is 371 g/mol. The largest absolute Gasteiger partial charge is 0.324 e. The minimum absolute atomic E-state index is 0.110. The van der Waals surface area contributed by atoms with Gasteiger partial charge < -0.3 is 5.32 Å². The molecule has 0 radical (unpaired) electrons. The number of halogens is 2. The molecule has 0 aliphatic rings. The van der Waals surface area contributed by atoms with Crippen LogP contribution < -0.4 is 5.32 Å². The van der Waals surface area contributed by atoms with Crippen molar-refractivity contribution >= 4 is 27.5 Å². The molecule has 128 valence electrons. The van der Waals surface area contributed by atoms with Gasteiger partial charge in [0.15, 0.2) is 0 Å². The van der Waals surface area contributed by atoms with Crippen LogP contribution in [0.1, 0.15) is 23.6 Å². The first-order chi connectivity index (χ1) is 11.3. The Kier molecular flexibility index (Phi) is 6.13. The van der Waals surface area contributed by atoms with Gasteiger partial charge in [0, 0.05) is 22.3 Å². The van der Waals surface area contributed by atoms with Crippen LogP contribution >= 0.6 is 15.9 Å². The molecule has 1 atom stereocenters. The van der Waals surface area contributed by atoms with Crippen LogP contribution in [0.2, 0.25) is 0 Å². The Morgan fingerprint density at radius 2 is 1.96 bits per heavy atom. The van der Waals surface area contributed by atoms with Gasteiger partial charge in [-0.3, -0.25) is 9.69 Å². The SMILES string of the molecule is Cc1ccc(C)c(NC(=O)C(C)N(C)Cc2cc(Br)ccc2F)c1. The number of hydrogen-bond donors (Lipinski definition) is 1. The Balaban J connectivity index is 2.06. The second kappa shape index (κ2) is 7.90. The normalized spacial score (nSPS) is 12.3. The molecule has 0 aromatic heterocycles. The number of benzene rings is 2. The number of nitrogens with one attached hydrogen (secondary N) is 1. The molecule has 0 aliphatic carbocycles. The lowest BCUT2D eigenvalue weighted by molar-refractivity contribution is -0.120. The highest BCUT2D eigenvalue weighted by Crippen LogP contribution is 2.19. The highest BCUT2D eigenvalue weighted by Gasteiger charge is 2.20. The number of hydrogen-bond acceptors (Lipinski definition) is 2. The van der Waals surface area contributed by atoms with Crippen LogP contribution in [0.4, 0.5) is 10.1 Å². The summed E-state index contributed by atoms with van der Waals surface area (Å²) in [6.45, 7) is 6.12. The predicted molar refractivity (Wildman–Crippen MR) is 99.6 cm³/mol. The van der Waals surface area contributed by atoms with E-state index in [0.29, 0.717) is 12.1 Å². The summed E-state index contributed by atoms with van der Waals surface area (Å²) >= 11 is 3.35. The van der Waals surface area contributed by atoms with E-state index in [-0.39, 0.29) is 17.8 Å². The molecule has 0 fully saturated rings. The fourth-order valence-corrected chi connectivity index (χ4v) is 2.79. The van der Waals surface area contributed by atoms with Gasteiger partial charge in [-0.25, -0.2) is 4.39 Å². The van der Waals surface area contributed by atoms with Gasteiger partial charge in [0.25, 0.3) is 0 Å². The second-order valence-corrected chi connectivity index (χ2v) is 7.05. The Morgan fingerprint density at radius 1 is 1.25 bits per heavy atom. The molecule has 0 aliphatic heterocycles. The maximum atomic E-state index is 13.9. The monoisotopic (exact) mass is 392 g/mol. The molecule has 1 N–H and O–H groups in total. The lowest BCUT2D eigenvalue weighted by atomic mass is 10.1. The van der Waals surface area contributed by atoms with Crippen LogP contribution in [0.15, 0.2) is 40.9 Å². The van der Waals surface area contributed by atoms with Crippen molar-refractivity contribution < 1.29 is 9.18 Å². The quantitative estimate of drug-likeness (QED) is 0.801. The van der Waals surface area contributed by atoms with Gasteiger partial charge in [0.05, 0.1) is 6.04 Å². The van der Waals surface area contributed by atoms with Gasteiger partial charge in [-0.1, -0.05) is 28.1 Å². The van der Waals surface area contributed by atoms with E-state index in [1.807, 2.05) is 50.9 Å². The van der Waals surface area contributed by atoms with Gasteiger partial charge >= 0.3 is 0 Å². The molecule has 0 bridgehead atoms.